The zero-order valence-corrected chi connectivity index (χ0v) is 15.6. The lowest BCUT2D eigenvalue weighted by atomic mass is 9.76. The Morgan fingerprint density at radius 3 is 2.16 bits per heavy atom. The van der Waals surface area contributed by atoms with Crippen LogP contribution in [0.4, 0.5) is 0 Å². The summed E-state index contributed by atoms with van der Waals surface area (Å²) in [5.41, 5.74) is 6.86. The number of rotatable bonds is 5. The maximum atomic E-state index is 12.7. The standard InChI is InChI=1S/C20H27N3O2/c1-14(2)25-18(24)20(21,13-19(3,4)5)16-9-7-15(8-10-16)17-22-11-6-12-23-17/h6-12,14H,13,21H2,1-5H3. The molecule has 5 heteroatoms. The van der Waals surface area contributed by atoms with Crippen molar-refractivity contribution < 1.29 is 9.53 Å². The number of hydrogen-bond donors (Lipinski definition) is 1. The number of esters is 1. The molecule has 1 aromatic carbocycles. The molecule has 0 aliphatic heterocycles. The largest absolute Gasteiger partial charge is 0.461 e. The van der Waals surface area contributed by atoms with Crippen molar-refractivity contribution in [1.82, 2.24) is 9.97 Å². The molecule has 0 fully saturated rings. The summed E-state index contributed by atoms with van der Waals surface area (Å²) in [4.78, 5) is 21.2. The molecule has 1 heterocycles. The lowest BCUT2D eigenvalue weighted by molar-refractivity contribution is -0.156. The van der Waals surface area contributed by atoms with Gasteiger partial charge in [0, 0.05) is 18.0 Å². The van der Waals surface area contributed by atoms with Crippen LogP contribution in [0.25, 0.3) is 11.4 Å². The zero-order chi connectivity index (χ0) is 18.7. The number of ether oxygens (including phenoxy) is 1. The number of nitrogens with two attached hydrogens (primary N) is 1. The van der Waals surface area contributed by atoms with Crippen LogP contribution >= 0.6 is 0 Å². The van der Waals surface area contributed by atoms with Crippen LogP contribution in [0.2, 0.25) is 0 Å². The molecule has 5 nitrogen and oxygen atoms in total. The van der Waals surface area contributed by atoms with Crippen LogP contribution in [0.15, 0.2) is 42.7 Å². The monoisotopic (exact) mass is 341 g/mol. The van der Waals surface area contributed by atoms with Gasteiger partial charge in [0.05, 0.1) is 6.10 Å². The Morgan fingerprint density at radius 2 is 1.68 bits per heavy atom. The molecule has 1 unspecified atom stereocenters. The van der Waals surface area contributed by atoms with Crippen molar-refractivity contribution in [3.63, 3.8) is 0 Å². The van der Waals surface area contributed by atoms with Gasteiger partial charge in [0.15, 0.2) is 5.82 Å². The fourth-order valence-corrected chi connectivity index (χ4v) is 2.81. The number of hydrogen-bond acceptors (Lipinski definition) is 5. The van der Waals surface area contributed by atoms with Crippen LogP contribution in [0.1, 0.15) is 46.6 Å². The molecule has 0 saturated heterocycles. The highest BCUT2D eigenvalue weighted by Crippen LogP contribution is 2.35. The zero-order valence-electron chi connectivity index (χ0n) is 15.6. The summed E-state index contributed by atoms with van der Waals surface area (Å²) >= 11 is 0. The Labute approximate surface area is 149 Å². The quantitative estimate of drug-likeness (QED) is 0.839. The van der Waals surface area contributed by atoms with Crippen molar-refractivity contribution >= 4 is 5.97 Å². The minimum absolute atomic E-state index is 0.133. The number of nitrogens with zero attached hydrogens (tertiary/aromatic N) is 2. The summed E-state index contributed by atoms with van der Waals surface area (Å²) in [7, 11) is 0. The second kappa shape index (κ2) is 7.31. The minimum Gasteiger partial charge on any atom is -0.461 e. The molecule has 0 spiro atoms. The first kappa shape index (κ1) is 19.1. The number of carbonyl (C=O) groups excluding carboxylic acids is 1. The van der Waals surface area contributed by atoms with Gasteiger partial charge >= 0.3 is 5.97 Å². The van der Waals surface area contributed by atoms with Crippen LogP contribution in [-0.2, 0) is 15.1 Å². The third kappa shape index (κ3) is 4.86. The average Bonchev–Trinajstić information content (AvgIpc) is 2.53. The summed E-state index contributed by atoms with van der Waals surface area (Å²) < 4.78 is 5.44. The number of aromatic nitrogens is 2. The highest BCUT2D eigenvalue weighted by Gasteiger charge is 2.41. The Bertz CT molecular complexity index is 706. The van der Waals surface area contributed by atoms with Gasteiger partial charge in [-0.15, -0.1) is 0 Å². The van der Waals surface area contributed by atoms with E-state index in [-0.39, 0.29) is 11.5 Å². The van der Waals surface area contributed by atoms with E-state index in [0.717, 1.165) is 11.1 Å². The highest BCUT2D eigenvalue weighted by atomic mass is 16.5. The van der Waals surface area contributed by atoms with E-state index in [1.54, 1.807) is 18.5 Å². The first-order valence-corrected chi connectivity index (χ1v) is 8.50. The van der Waals surface area contributed by atoms with Gasteiger partial charge in [-0.05, 0) is 37.3 Å². The summed E-state index contributed by atoms with van der Waals surface area (Å²) in [6.45, 7) is 9.83. The van der Waals surface area contributed by atoms with E-state index in [4.69, 9.17) is 10.5 Å². The molecule has 0 bridgehead atoms. The third-order valence-corrected chi connectivity index (χ3v) is 3.74. The van der Waals surface area contributed by atoms with Crippen LogP contribution in [0, 0.1) is 5.41 Å². The molecule has 2 rings (SSSR count). The van der Waals surface area contributed by atoms with Crippen molar-refractivity contribution in [2.75, 3.05) is 0 Å². The van der Waals surface area contributed by atoms with Crippen LogP contribution in [-0.4, -0.2) is 22.0 Å². The number of benzene rings is 1. The molecule has 0 aliphatic rings. The average molecular weight is 341 g/mol. The van der Waals surface area contributed by atoms with Crippen LogP contribution < -0.4 is 5.73 Å². The van der Waals surface area contributed by atoms with Gasteiger partial charge in [-0.1, -0.05) is 45.0 Å². The fourth-order valence-electron chi connectivity index (χ4n) is 2.81. The lowest BCUT2D eigenvalue weighted by Crippen LogP contribution is -2.49. The summed E-state index contributed by atoms with van der Waals surface area (Å²) in [6, 6.07) is 9.27. The molecule has 0 aliphatic carbocycles. The van der Waals surface area contributed by atoms with Gasteiger partial charge in [-0.2, -0.15) is 0 Å². The van der Waals surface area contributed by atoms with E-state index in [1.165, 1.54) is 0 Å². The summed E-state index contributed by atoms with van der Waals surface area (Å²) in [6.07, 6.45) is 3.66. The van der Waals surface area contributed by atoms with Crippen LogP contribution in [0.3, 0.4) is 0 Å². The SMILES string of the molecule is CC(C)OC(=O)C(N)(CC(C)(C)C)c1ccc(-c2ncccn2)cc1. The van der Waals surface area contributed by atoms with Gasteiger partial charge < -0.3 is 10.5 Å². The Kier molecular flexibility index (Phi) is 5.58. The molecule has 1 aromatic heterocycles. The molecule has 0 radical (unpaired) electrons. The second-order valence-corrected chi connectivity index (χ2v) is 7.81. The molecule has 134 valence electrons. The van der Waals surface area contributed by atoms with E-state index in [9.17, 15) is 4.79 Å². The Hall–Kier alpha value is -2.27. The van der Waals surface area contributed by atoms with E-state index in [1.807, 2.05) is 38.1 Å². The third-order valence-electron chi connectivity index (χ3n) is 3.74. The van der Waals surface area contributed by atoms with Gasteiger partial charge in [0.25, 0.3) is 0 Å². The predicted octanol–water partition coefficient (Wildman–Crippen LogP) is 3.69. The fraction of sp³-hybridized carbons (Fsp3) is 0.450. The predicted molar refractivity (Wildman–Crippen MR) is 98.6 cm³/mol. The normalized spacial score (nSPS) is 14.2. The lowest BCUT2D eigenvalue weighted by Gasteiger charge is -2.34. The summed E-state index contributed by atoms with van der Waals surface area (Å²) in [5.74, 6) is 0.235. The van der Waals surface area contributed by atoms with Crippen molar-refractivity contribution in [2.45, 2.75) is 52.7 Å². The topological polar surface area (TPSA) is 78.1 Å². The van der Waals surface area contributed by atoms with E-state index in [0.29, 0.717) is 12.2 Å². The molecule has 1 atom stereocenters. The maximum absolute atomic E-state index is 12.7. The highest BCUT2D eigenvalue weighted by molar-refractivity contribution is 5.83. The van der Waals surface area contributed by atoms with E-state index >= 15 is 0 Å². The van der Waals surface area contributed by atoms with Gasteiger partial charge in [0.1, 0.15) is 5.54 Å². The van der Waals surface area contributed by atoms with Crippen molar-refractivity contribution in [3.05, 3.63) is 48.3 Å². The molecule has 0 amide bonds. The van der Waals surface area contributed by atoms with Crippen molar-refractivity contribution in [1.29, 1.82) is 0 Å². The maximum Gasteiger partial charge on any atom is 0.331 e. The van der Waals surface area contributed by atoms with Crippen molar-refractivity contribution in [3.8, 4) is 11.4 Å². The Morgan fingerprint density at radius 1 is 1.12 bits per heavy atom. The van der Waals surface area contributed by atoms with Crippen LogP contribution in [0.5, 0.6) is 0 Å². The van der Waals surface area contributed by atoms with E-state index < -0.39 is 11.5 Å². The van der Waals surface area contributed by atoms with Gasteiger partial charge in [-0.25, -0.2) is 14.8 Å². The molecule has 25 heavy (non-hydrogen) atoms. The van der Waals surface area contributed by atoms with Crippen molar-refractivity contribution in [2.24, 2.45) is 11.1 Å². The molecular weight excluding hydrogens is 314 g/mol. The molecule has 0 saturated carbocycles. The van der Waals surface area contributed by atoms with Gasteiger partial charge in [0.2, 0.25) is 0 Å². The summed E-state index contributed by atoms with van der Waals surface area (Å²) in [5, 5.41) is 0. The number of carbonyl (C=O) groups is 1. The molecular formula is C20H27N3O2. The second-order valence-electron chi connectivity index (χ2n) is 7.81. The Balaban J connectivity index is 2.38. The minimum atomic E-state index is -1.20. The van der Waals surface area contributed by atoms with E-state index in [2.05, 4.69) is 30.7 Å². The first-order chi connectivity index (χ1) is 11.6. The van der Waals surface area contributed by atoms with Gasteiger partial charge in [-0.3, -0.25) is 0 Å². The molecule has 2 aromatic rings. The smallest absolute Gasteiger partial charge is 0.331 e. The first-order valence-electron chi connectivity index (χ1n) is 8.50. The molecule has 2 N–H and O–H groups in total.